The van der Waals surface area contributed by atoms with Crippen LogP contribution in [0.15, 0.2) is 59.6 Å². The molecule has 0 aromatic heterocycles. The number of hydrogen-bond acceptors (Lipinski definition) is 4. The van der Waals surface area contributed by atoms with Crippen LogP contribution in [0.4, 0.5) is 0 Å². The summed E-state index contributed by atoms with van der Waals surface area (Å²) in [4.78, 5) is 14.8. The predicted molar refractivity (Wildman–Crippen MR) is 74.7 cm³/mol. The van der Waals surface area contributed by atoms with Gasteiger partial charge in [0.25, 0.3) is 0 Å². The Bertz CT molecular complexity index is 626. The molecule has 0 radical (unpaired) electrons. The van der Waals surface area contributed by atoms with Gasteiger partial charge in [0.05, 0.1) is 5.71 Å². The Morgan fingerprint density at radius 2 is 1.67 bits per heavy atom. The number of aliphatic carboxylic acids is 1. The predicted octanol–water partition coefficient (Wildman–Crippen LogP) is -1.63. The normalized spacial score (nSPS) is 10.8. The molecule has 0 aliphatic heterocycles. The molecule has 0 saturated carbocycles. The van der Waals surface area contributed by atoms with Crippen molar-refractivity contribution in [2.75, 3.05) is 6.54 Å². The van der Waals surface area contributed by atoms with E-state index in [-0.39, 0.29) is 48.3 Å². The number of hydrogen-bond donors (Lipinski definition) is 1. The van der Waals surface area contributed by atoms with Crippen LogP contribution in [0, 0.1) is 0 Å². The third kappa shape index (κ3) is 5.01. The van der Waals surface area contributed by atoms with Crippen LogP contribution >= 0.6 is 0 Å². The van der Waals surface area contributed by atoms with Crippen molar-refractivity contribution in [2.24, 2.45) is 4.99 Å². The molecule has 2 rings (SSSR count). The zero-order chi connectivity index (χ0) is 14.4. The Balaban J connectivity index is 0.00000220. The number of nitrogens with zero attached hydrogens (tertiary/aromatic N) is 1. The second-order valence-electron chi connectivity index (χ2n) is 4.24. The molecule has 0 bridgehead atoms. The van der Waals surface area contributed by atoms with Gasteiger partial charge in [-0.15, -0.1) is 0 Å². The summed E-state index contributed by atoms with van der Waals surface area (Å²) < 4.78 is 0. The Morgan fingerprint density at radius 1 is 1.05 bits per heavy atom. The van der Waals surface area contributed by atoms with Crippen molar-refractivity contribution in [1.29, 1.82) is 0 Å². The molecule has 0 saturated heterocycles. The van der Waals surface area contributed by atoms with E-state index < -0.39 is 5.97 Å². The number of carbonyl (C=O) groups is 1. The fourth-order valence-corrected chi connectivity index (χ4v) is 1.86. The molecule has 2 aromatic rings. The molecule has 0 heterocycles. The van der Waals surface area contributed by atoms with Crippen LogP contribution < -0.4 is 34.7 Å². The Kier molecular flexibility index (Phi) is 7.15. The largest absolute Gasteiger partial charge is 1.00 e. The van der Waals surface area contributed by atoms with Crippen molar-refractivity contribution in [3.8, 4) is 5.75 Å². The van der Waals surface area contributed by atoms with E-state index in [9.17, 15) is 15.0 Å². The third-order valence-corrected chi connectivity index (χ3v) is 2.79. The first-order valence-electron chi connectivity index (χ1n) is 6.26. The molecular formula is C16H14NNaO3. The standard InChI is InChI=1S/C16H15NO3.Na/c18-14-9-5-4-8-13(14)16(17-11-10-15(19)20)12-6-2-1-3-7-12;/h1-9,18H,10-11H2,(H,19,20);/q;+1/p-1. The van der Waals surface area contributed by atoms with Gasteiger partial charge in [-0.1, -0.05) is 42.5 Å². The Labute approximate surface area is 145 Å². The summed E-state index contributed by atoms with van der Waals surface area (Å²) in [5.41, 5.74) is 1.98. The molecule has 1 N–H and O–H groups in total. The molecular weight excluding hydrogens is 277 g/mol. The maximum absolute atomic E-state index is 10.5. The zero-order valence-electron chi connectivity index (χ0n) is 11.8. The molecule has 2 aromatic carbocycles. The Hall–Kier alpha value is -1.62. The minimum Gasteiger partial charge on any atom is -0.550 e. The number of phenols is 1. The van der Waals surface area contributed by atoms with E-state index in [1.165, 1.54) is 0 Å². The van der Waals surface area contributed by atoms with Gasteiger partial charge in [0.15, 0.2) is 0 Å². The van der Waals surface area contributed by atoms with Gasteiger partial charge >= 0.3 is 29.6 Å². The molecule has 0 amide bonds. The number of aromatic hydroxyl groups is 1. The summed E-state index contributed by atoms with van der Waals surface area (Å²) in [6.07, 6.45) is -0.149. The van der Waals surface area contributed by atoms with Crippen LogP contribution in [0.2, 0.25) is 0 Å². The maximum atomic E-state index is 10.5. The Morgan fingerprint density at radius 3 is 2.29 bits per heavy atom. The fourth-order valence-electron chi connectivity index (χ4n) is 1.86. The van der Waals surface area contributed by atoms with Crippen molar-refractivity contribution >= 4 is 11.7 Å². The van der Waals surface area contributed by atoms with Crippen LogP contribution in [-0.2, 0) is 4.79 Å². The number of benzene rings is 2. The summed E-state index contributed by atoms with van der Waals surface area (Å²) in [5, 5.41) is 20.4. The van der Waals surface area contributed by atoms with E-state index in [4.69, 9.17) is 0 Å². The fraction of sp³-hybridized carbons (Fsp3) is 0.125. The second kappa shape index (κ2) is 8.62. The topological polar surface area (TPSA) is 72.7 Å². The van der Waals surface area contributed by atoms with Crippen LogP contribution in [0.3, 0.4) is 0 Å². The molecule has 0 fully saturated rings. The minimum atomic E-state index is -1.14. The summed E-state index contributed by atoms with van der Waals surface area (Å²) in [5.74, 6) is -1.03. The zero-order valence-corrected chi connectivity index (χ0v) is 13.8. The van der Waals surface area contributed by atoms with Crippen molar-refractivity contribution in [1.82, 2.24) is 0 Å². The number of phenolic OH excluding ortho intramolecular Hbond substituents is 1. The van der Waals surface area contributed by atoms with Crippen LogP contribution in [0.1, 0.15) is 17.5 Å². The van der Waals surface area contributed by atoms with E-state index in [0.717, 1.165) is 5.56 Å². The monoisotopic (exact) mass is 291 g/mol. The van der Waals surface area contributed by atoms with Crippen LogP contribution in [-0.4, -0.2) is 23.3 Å². The molecule has 4 nitrogen and oxygen atoms in total. The number of carboxylic acids is 1. The SMILES string of the molecule is O=C([O-])CCN=C(c1ccccc1)c1ccccc1O.[Na+]. The molecule has 21 heavy (non-hydrogen) atoms. The average Bonchev–Trinajstić information content (AvgIpc) is 2.45. The molecule has 0 spiro atoms. The first kappa shape index (κ1) is 17.4. The number of carbonyl (C=O) groups excluding carboxylic acids is 1. The molecule has 0 aliphatic rings. The van der Waals surface area contributed by atoms with Crippen molar-refractivity contribution in [3.05, 3.63) is 65.7 Å². The van der Waals surface area contributed by atoms with Gasteiger partial charge in [-0.05, 0) is 12.1 Å². The van der Waals surface area contributed by atoms with Crippen molar-refractivity contribution in [2.45, 2.75) is 6.42 Å². The summed E-state index contributed by atoms with van der Waals surface area (Å²) in [6, 6.07) is 16.2. The number of rotatable bonds is 5. The quantitative estimate of drug-likeness (QED) is 0.531. The molecule has 102 valence electrons. The summed E-state index contributed by atoms with van der Waals surface area (Å²) in [6.45, 7) is 0.112. The molecule has 0 aliphatic carbocycles. The van der Waals surface area contributed by atoms with E-state index in [0.29, 0.717) is 11.3 Å². The summed E-state index contributed by atoms with van der Waals surface area (Å²) >= 11 is 0. The van der Waals surface area contributed by atoms with Gasteiger partial charge in [-0.25, -0.2) is 0 Å². The maximum Gasteiger partial charge on any atom is 1.00 e. The van der Waals surface area contributed by atoms with Crippen molar-refractivity contribution in [3.63, 3.8) is 0 Å². The van der Waals surface area contributed by atoms with Crippen LogP contribution in [0.5, 0.6) is 5.75 Å². The second-order valence-corrected chi connectivity index (χ2v) is 4.24. The molecule has 5 heteroatoms. The molecule has 0 unspecified atom stereocenters. The summed E-state index contributed by atoms with van der Waals surface area (Å²) in [7, 11) is 0. The van der Waals surface area contributed by atoms with Gasteiger partial charge in [0, 0.05) is 30.1 Å². The average molecular weight is 291 g/mol. The third-order valence-electron chi connectivity index (χ3n) is 2.79. The molecule has 0 atom stereocenters. The first-order valence-corrected chi connectivity index (χ1v) is 6.26. The van der Waals surface area contributed by atoms with Gasteiger partial charge in [0.1, 0.15) is 5.75 Å². The van der Waals surface area contributed by atoms with Gasteiger partial charge in [0.2, 0.25) is 0 Å². The van der Waals surface area contributed by atoms with E-state index in [2.05, 4.69) is 4.99 Å². The van der Waals surface area contributed by atoms with Crippen molar-refractivity contribution < 1.29 is 44.6 Å². The number of aliphatic imine (C=N–C) groups is 1. The van der Waals surface area contributed by atoms with E-state index in [1.807, 2.05) is 30.3 Å². The number of para-hydroxylation sites is 1. The van der Waals surface area contributed by atoms with Crippen LogP contribution in [0.25, 0.3) is 0 Å². The van der Waals surface area contributed by atoms with E-state index >= 15 is 0 Å². The van der Waals surface area contributed by atoms with Gasteiger partial charge in [-0.2, -0.15) is 0 Å². The first-order chi connectivity index (χ1) is 9.68. The smallest absolute Gasteiger partial charge is 0.550 e. The minimum absolute atomic E-state index is 0. The van der Waals surface area contributed by atoms with E-state index in [1.54, 1.807) is 24.3 Å². The van der Waals surface area contributed by atoms with Gasteiger partial charge in [-0.3, -0.25) is 4.99 Å². The number of carboxylic acid groups (broad SMARTS) is 1. The van der Waals surface area contributed by atoms with Gasteiger partial charge < -0.3 is 15.0 Å².